The molecule has 0 radical (unpaired) electrons. The molecule has 4 atom stereocenters. The van der Waals surface area contributed by atoms with Gasteiger partial charge in [0, 0.05) is 28.1 Å². The normalized spacial score (nSPS) is 27.4. The van der Waals surface area contributed by atoms with E-state index in [2.05, 4.69) is 20.0 Å². The van der Waals surface area contributed by atoms with Crippen LogP contribution in [0.2, 0.25) is 0 Å². The molecule has 4 heterocycles. The van der Waals surface area contributed by atoms with Crippen molar-refractivity contribution in [1.82, 2.24) is 9.97 Å². The highest BCUT2D eigenvalue weighted by Gasteiger charge is 2.24. The lowest BCUT2D eigenvalue weighted by Gasteiger charge is -2.24. The highest BCUT2D eigenvalue weighted by atomic mass is 32.1. The van der Waals surface area contributed by atoms with Crippen molar-refractivity contribution < 1.29 is 14.6 Å². The third kappa shape index (κ3) is 6.53. The Balaban J connectivity index is 0.000000189. The van der Waals surface area contributed by atoms with Gasteiger partial charge in [-0.1, -0.05) is 12.5 Å². The first kappa shape index (κ1) is 21.7. The Morgan fingerprint density at radius 3 is 2.00 bits per heavy atom. The highest BCUT2D eigenvalue weighted by molar-refractivity contribution is 7.09. The molecule has 2 saturated heterocycles. The van der Waals surface area contributed by atoms with Crippen LogP contribution < -0.4 is 0 Å². The second-order valence-corrected chi connectivity index (χ2v) is 7.90. The monoisotopic (exact) mass is 411 g/mol. The fourth-order valence-corrected chi connectivity index (χ4v) is 4.26. The third-order valence-electron chi connectivity index (χ3n) is 4.17. The van der Waals surface area contributed by atoms with Gasteiger partial charge in [-0.2, -0.15) is 0 Å². The van der Waals surface area contributed by atoms with E-state index in [0.29, 0.717) is 13.2 Å². The lowest BCUT2D eigenvalue weighted by atomic mass is 10.1. The van der Waals surface area contributed by atoms with Crippen LogP contribution in [0.3, 0.4) is 0 Å². The summed E-state index contributed by atoms with van der Waals surface area (Å²) < 4.78 is 11.0. The molecular formula is C17H25N5O3S2. The Kier molecular flexibility index (Phi) is 9.12. The molecule has 0 amide bonds. The van der Waals surface area contributed by atoms with E-state index in [-0.39, 0.29) is 31.8 Å². The van der Waals surface area contributed by atoms with Crippen molar-refractivity contribution in [2.45, 2.75) is 57.5 Å². The van der Waals surface area contributed by atoms with Crippen LogP contribution in [0.25, 0.3) is 10.4 Å². The molecule has 148 valence electrons. The van der Waals surface area contributed by atoms with Gasteiger partial charge in [0.25, 0.3) is 0 Å². The van der Waals surface area contributed by atoms with Crippen molar-refractivity contribution in [3.8, 4) is 0 Å². The van der Waals surface area contributed by atoms with Gasteiger partial charge in [0.05, 0.1) is 25.4 Å². The molecule has 8 nitrogen and oxygen atoms in total. The summed E-state index contributed by atoms with van der Waals surface area (Å²) in [6.45, 7) is 0.957. The van der Waals surface area contributed by atoms with E-state index >= 15 is 0 Å². The first-order valence-corrected chi connectivity index (χ1v) is 10.3. The molecule has 0 spiro atoms. The van der Waals surface area contributed by atoms with Gasteiger partial charge >= 0.3 is 0 Å². The van der Waals surface area contributed by atoms with Crippen LogP contribution in [0.5, 0.6) is 0 Å². The Morgan fingerprint density at radius 1 is 1.00 bits per heavy atom. The SMILES string of the molecule is C.OC1CCC(c2nccs2)OC1.[N-]=[N+]=NC1CCC(c2nccs2)OC1. The number of rotatable bonds is 3. The third-order valence-corrected chi connectivity index (χ3v) is 5.91. The molecule has 0 aliphatic carbocycles. The summed E-state index contributed by atoms with van der Waals surface area (Å²) in [5.74, 6) is 0. The van der Waals surface area contributed by atoms with E-state index < -0.39 is 0 Å². The highest BCUT2D eigenvalue weighted by Crippen LogP contribution is 2.30. The number of hydrogen-bond donors (Lipinski definition) is 1. The van der Waals surface area contributed by atoms with E-state index in [0.717, 1.165) is 35.7 Å². The molecule has 2 aromatic heterocycles. The average molecular weight is 412 g/mol. The van der Waals surface area contributed by atoms with Crippen LogP contribution in [0.1, 0.15) is 55.3 Å². The molecule has 4 unspecified atom stereocenters. The van der Waals surface area contributed by atoms with Crippen molar-refractivity contribution >= 4 is 22.7 Å². The minimum Gasteiger partial charge on any atom is -0.391 e. The number of nitrogens with zero attached hydrogens (tertiary/aromatic N) is 5. The predicted molar refractivity (Wildman–Crippen MR) is 106 cm³/mol. The van der Waals surface area contributed by atoms with Crippen molar-refractivity contribution in [1.29, 1.82) is 0 Å². The molecule has 1 N–H and O–H groups in total. The number of hydrogen-bond acceptors (Lipinski definition) is 8. The van der Waals surface area contributed by atoms with Crippen LogP contribution in [0, 0.1) is 0 Å². The summed E-state index contributed by atoms with van der Waals surface area (Å²) in [7, 11) is 0. The fourth-order valence-electron chi connectivity index (χ4n) is 2.82. The molecule has 4 rings (SSSR count). The maximum absolute atomic E-state index is 9.18. The summed E-state index contributed by atoms with van der Waals surface area (Å²) in [5.41, 5.74) is 8.26. The molecule has 27 heavy (non-hydrogen) atoms. The molecule has 2 fully saturated rings. The van der Waals surface area contributed by atoms with E-state index in [4.69, 9.17) is 15.0 Å². The molecule has 0 bridgehead atoms. The second kappa shape index (κ2) is 11.3. The standard InChI is InChI=1S/C8H10N4OS.C8H11NO2S.CH4/c9-12-11-6-1-2-7(13-5-6)8-10-3-4-14-8;10-6-1-2-7(11-5-6)8-9-3-4-12-8;/h3-4,6-7H,1-2,5H2;3-4,6-7,10H,1-2,5H2;1H4. The second-order valence-electron chi connectivity index (χ2n) is 6.05. The van der Waals surface area contributed by atoms with E-state index in [1.165, 1.54) is 0 Å². The zero-order valence-electron chi connectivity index (χ0n) is 14.2. The van der Waals surface area contributed by atoms with Crippen molar-refractivity contribution in [3.63, 3.8) is 0 Å². The molecular weight excluding hydrogens is 386 g/mol. The summed E-state index contributed by atoms with van der Waals surface area (Å²) >= 11 is 3.22. The first-order chi connectivity index (χ1) is 12.8. The van der Waals surface area contributed by atoms with Gasteiger partial charge in [0.2, 0.25) is 0 Å². The van der Waals surface area contributed by atoms with E-state index in [1.807, 2.05) is 10.8 Å². The number of aliphatic hydroxyl groups is 1. The molecule has 0 saturated carbocycles. The minimum absolute atomic E-state index is 0. The van der Waals surface area contributed by atoms with Crippen LogP contribution >= 0.6 is 22.7 Å². The summed E-state index contributed by atoms with van der Waals surface area (Å²) in [6.07, 6.45) is 6.98. The van der Waals surface area contributed by atoms with Crippen molar-refractivity contribution in [3.05, 3.63) is 43.6 Å². The largest absolute Gasteiger partial charge is 0.391 e. The topological polar surface area (TPSA) is 113 Å². The fraction of sp³-hybridized carbons (Fsp3) is 0.647. The van der Waals surface area contributed by atoms with Gasteiger partial charge in [-0.05, 0) is 31.2 Å². The number of aromatic nitrogens is 2. The molecule has 10 heteroatoms. The molecule has 0 aromatic carbocycles. The number of thiazole rings is 2. The zero-order chi connectivity index (χ0) is 18.2. The molecule has 2 aromatic rings. The Hall–Kier alpha value is -1.55. The maximum Gasteiger partial charge on any atom is 0.121 e. The molecule has 2 aliphatic heterocycles. The number of aliphatic hydroxyl groups excluding tert-OH is 1. The zero-order valence-corrected chi connectivity index (χ0v) is 15.8. The minimum atomic E-state index is -0.277. The predicted octanol–water partition coefficient (Wildman–Crippen LogP) is 4.67. The lowest BCUT2D eigenvalue weighted by Crippen LogP contribution is -2.24. The quantitative estimate of drug-likeness (QED) is 0.448. The van der Waals surface area contributed by atoms with Gasteiger partial charge in [0.15, 0.2) is 0 Å². The van der Waals surface area contributed by atoms with Crippen molar-refractivity contribution in [2.24, 2.45) is 5.11 Å². The van der Waals surface area contributed by atoms with Gasteiger partial charge in [0.1, 0.15) is 22.2 Å². The smallest absolute Gasteiger partial charge is 0.121 e. The average Bonchev–Trinajstić information content (AvgIpc) is 3.38. The van der Waals surface area contributed by atoms with E-state index in [1.54, 1.807) is 35.1 Å². The Morgan fingerprint density at radius 2 is 1.59 bits per heavy atom. The summed E-state index contributed by atoms with van der Waals surface area (Å²) in [6, 6.07) is -0.00351. The Labute approximate surface area is 166 Å². The van der Waals surface area contributed by atoms with Gasteiger partial charge in [-0.25, -0.2) is 9.97 Å². The lowest BCUT2D eigenvalue weighted by molar-refractivity contribution is -0.0569. The van der Waals surface area contributed by atoms with Gasteiger partial charge in [-0.15, -0.1) is 22.7 Å². The summed E-state index contributed by atoms with van der Waals surface area (Å²) in [5, 5.41) is 18.8. The Bertz CT molecular complexity index is 676. The number of ether oxygens (including phenoxy) is 2. The van der Waals surface area contributed by atoms with Gasteiger partial charge < -0.3 is 14.6 Å². The molecule has 2 aliphatic rings. The maximum atomic E-state index is 9.18. The van der Waals surface area contributed by atoms with Crippen LogP contribution in [0.15, 0.2) is 28.3 Å². The first-order valence-electron chi connectivity index (χ1n) is 8.50. The van der Waals surface area contributed by atoms with Crippen LogP contribution in [0.4, 0.5) is 0 Å². The van der Waals surface area contributed by atoms with E-state index in [9.17, 15) is 5.11 Å². The number of azide groups is 1. The van der Waals surface area contributed by atoms with Crippen molar-refractivity contribution in [2.75, 3.05) is 13.2 Å². The van der Waals surface area contributed by atoms with Gasteiger partial charge in [-0.3, -0.25) is 0 Å². The van der Waals surface area contributed by atoms with Crippen LogP contribution in [-0.4, -0.2) is 40.4 Å². The summed E-state index contributed by atoms with van der Waals surface area (Å²) in [4.78, 5) is 11.2. The van der Waals surface area contributed by atoms with Crippen LogP contribution in [-0.2, 0) is 9.47 Å².